The highest BCUT2D eigenvalue weighted by Crippen LogP contribution is 2.34. The molecule has 1 saturated carbocycles. The van der Waals surface area contributed by atoms with E-state index in [1.165, 1.54) is 36.1 Å². The molecule has 0 heterocycles. The first-order valence-corrected chi connectivity index (χ1v) is 7.16. The van der Waals surface area contributed by atoms with Crippen molar-refractivity contribution in [2.75, 3.05) is 13.6 Å². The van der Waals surface area contributed by atoms with E-state index in [1.807, 2.05) is 7.05 Å². The number of thioether (sulfide) groups is 1. The van der Waals surface area contributed by atoms with Crippen LogP contribution in [0.15, 0.2) is 29.2 Å². The molecule has 0 saturated heterocycles. The van der Waals surface area contributed by atoms with Gasteiger partial charge in [-0.25, -0.2) is 0 Å². The number of benzene rings is 1. The molecular formula is C14H21NS. The average molecular weight is 235 g/mol. The summed E-state index contributed by atoms with van der Waals surface area (Å²) in [7, 11) is 2.00. The van der Waals surface area contributed by atoms with Gasteiger partial charge in [-0.3, -0.25) is 0 Å². The first kappa shape index (κ1) is 12.0. The van der Waals surface area contributed by atoms with Crippen molar-refractivity contribution in [3.05, 3.63) is 29.8 Å². The molecule has 1 aromatic rings. The van der Waals surface area contributed by atoms with E-state index >= 15 is 0 Å². The summed E-state index contributed by atoms with van der Waals surface area (Å²) in [5.74, 6) is 0. The third-order valence-corrected chi connectivity index (χ3v) is 4.54. The van der Waals surface area contributed by atoms with Crippen molar-refractivity contribution >= 4 is 11.8 Å². The van der Waals surface area contributed by atoms with Crippen molar-refractivity contribution in [2.24, 2.45) is 0 Å². The van der Waals surface area contributed by atoms with E-state index in [2.05, 4.69) is 41.3 Å². The Morgan fingerprint density at radius 1 is 1.19 bits per heavy atom. The van der Waals surface area contributed by atoms with Gasteiger partial charge in [-0.2, -0.15) is 0 Å². The Morgan fingerprint density at radius 2 is 1.88 bits per heavy atom. The Hall–Kier alpha value is -0.470. The van der Waals surface area contributed by atoms with Crippen LogP contribution in [0.25, 0.3) is 0 Å². The summed E-state index contributed by atoms with van der Waals surface area (Å²) in [6.45, 7) is 1.06. The Morgan fingerprint density at radius 3 is 2.50 bits per heavy atom. The highest BCUT2D eigenvalue weighted by molar-refractivity contribution is 8.00. The second kappa shape index (κ2) is 6.31. The van der Waals surface area contributed by atoms with E-state index in [0.29, 0.717) is 0 Å². The summed E-state index contributed by atoms with van der Waals surface area (Å²) < 4.78 is 0. The van der Waals surface area contributed by atoms with Crippen LogP contribution >= 0.6 is 11.8 Å². The summed E-state index contributed by atoms with van der Waals surface area (Å²) in [5.41, 5.74) is 1.44. The van der Waals surface area contributed by atoms with Gasteiger partial charge in [0.2, 0.25) is 0 Å². The summed E-state index contributed by atoms with van der Waals surface area (Å²) in [6, 6.07) is 9.12. The first-order chi connectivity index (χ1) is 7.88. The number of likely N-dealkylation sites (N-methyl/N-ethyl adjacent to an activating group) is 1. The SMILES string of the molecule is CNCCc1ccc(SC2CCCC2)cc1. The minimum absolute atomic E-state index is 0.878. The van der Waals surface area contributed by atoms with Crippen molar-refractivity contribution in [3.63, 3.8) is 0 Å². The van der Waals surface area contributed by atoms with Gasteiger partial charge < -0.3 is 5.32 Å². The summed E-state index contributed by atoms with van der Waals surface area (Å²) >= 11 is 2.07. The van der Waals surface area contributed by atoms with Crippen LogP contribution in [0, 0.1) is 0 Å². The Bertz CT molecular complexity index is 301. The van der Waals surface area contributed by atoms with Crippen molar-refractivity contribution < 1.29 is 0 Å². The molecule has 16 heavy (non-hydrogen) atoms. The molecule has 0 aromatic heterocycles. The molecule has 1 nitrogen and oxygen atoms in total. The van der Waals surface area contributed by atoms with Gasteiger partial charge in [-0.1, -0.05) is 25.0 Å². The topological polar surface area (TPSA) is 12.0 Å². The van der Waals surface area contributed by atoms with E-state index < -0.39 is 0 Å². The summed E-state index contributed by atoms with van der Waals surface area (Å²) in [4.78, 5) is 1.44. The molecule has 88 valence electrons. The quantitative estimate of drug-likeness (QED) is 0.838. The Balaban J connectivity index is 1.86. The smallest absolute Gasteiger partial charge is 0.00944 e. The summed E-state index contributed by atoms with van der Waals surface area (Å²) in [6.07, 6.45) is 6.80. The second-order valence-corrected chi connectivity index (χ2v) is 5.90. The van der Waals surface area contributed by atoms with Gasteiger partial charge in [0.25, 0.3) is 0 Å². The molecule has 1 N–H and O–H groups in total. The minimum Gasteiger partial charge on any atom is -0.319 e. The predicted octanol–water partition coefficient (Wildman–Crippen LogP) is 3.48. The minimum atomic E-state index is 0.878. The maximum absolute atomic E-state index is 3.18. The summed E-state index contributed by atoms with van der Waals surface area (Å²) in [5, 5.41) is 4.06. The lowest BCUT2D eigenvalue weighted by Crippen LogP contribution is -2.10. The molecule has 2 heteroatoms. The molecule has 0 atom stereocenters. The highest BCUT2D eigenvalue weighted by Gasteiger charge is 2.15. The Kier molecular flexibility index (Phi) is 4.73. The van der Waals surface area contributed by atoms with Crippen molar-refractivity contribution in [2.45, 2.75) is 42.2 Å². The van der Waals surface area contributed by atoms with E-state index in [9.17, 15) is 0 Å². The zero-order valence-electron chi connectivity index (χ0n) is 10.0. The molecule has 1 aliphatic rings. The fraction of sp³-hybridized carbons (Fsp3) is 0.571. The van der Waals surface area contributed by atoms with Crippen LogP contribution < -0.4 is 5.32 Å². The molecule has 1 aliphatic carbocycles. The van der Waals surface area contributed by atoms with Crippen molar-refractivity contribution in [1.82, 2.24) is 5.32 Å². The second-order valence-electron chi connectivity index (χ2n) is 4.52. The fourth-order valence-electron chi connectivity index (χ4n) is 2.20. The van der Waals surface area contributed by atoms with Crippen molar-refractivity contribution in [1.29, 1.82) is 0 Å². The van der Waals surface area contributed by atoms with E-state index in [1.54, 1.807) is 0 Å². The molecule has 2 rings (SSSR count). The molecule has 1 aromatic carbocycles. The highest BCUT2D eigenvalue weighted by atomic mass is 32.2. The number of hydrogen-bond acceptors (Lipinski definition) is 2. The number of nitrogens with one attached hydrogen (secondary N) is 1. The molecule has 0 amide bonds. The zero-order chi connectivity index (χ0) is 11.2. The number of hydrogen-bond donors (Lipinski definition) is 1. The van der Waals surface area contributed by atoms with Crippen LogP contribution in [0.5, 0.6) is 0 Å². The molecule has 0 aliphatic heterocycles. The lowest BCUT2D eigenvalue weighted by Gasteiger charge is -2.09. The van der Waals surface area contributed by atoms with Gasteiger partial charge in [-0.05, 0) is 50.6 Å². The van der Waals surface area contributed by atoms with Crippen LogP contribution in [0.4, 0.5) is 0 Å². The molecule has 0 unspecified atom stereocenters. The van der Waals surface area contributed by atoms with Crippen LogP contribution in [-0.2, 0) is 6.42 Å². The van der Waals surface area contributed by atoms with Crippen LogP contribution in [0.3, 0.4) is 0 Å². The van der Waals surface area contributed by atoms with Crippen LogP contribution in [-0.4, -0.2) is 18.8 Å². The maximum Gasteiger partial charge on any atom is 0.00944 e. The van der Waals surface area contributed by atoms with E-state index in [0.717, 1.165) is 18.2 Å². The molecular weight excluding hydrogens is 214 g/mol. The van der Waals surface area contributed by atoms with Gasteiger partial charge in [0, 0.05) is 10.1 Å². The molecule has 0 radical (unpaired) electrons. The van der Waals surface area contributed by atoms with Gasteiger partial charge in [-0.15, -0.1) is 11.8 Å². The van der Waals surface area contributed by atoms with Crippen LogP contribution in [0.1, 0.15) is 31.2 Å². The van der Waals surface area contributed by atoms with Crippen molar-refractivity contribution in [3.8, 4) is 0 Å². The average Bonchev–Trinajstić information content (AvgIpc) is 2.81. The van der Waals surface area contributed by atoms with Gasteiger partial charge in [0.15, 0.2) is 0 Å². The molecule has 1 fully saturated rings. The van der Waals surface area contributed by atoms with E-state index in [-0.39, 0.29) is 0 Å². The van der Waals surface area contributed by atoms with E-state index in [4.69, 9.17) is 0 Å². The molecule has 0 spiro atoms. The Labute approximate surface area is 103 Å². The van der Waals surface area contributed by atoms with Gasteiger partial charge >= 0.3 is 0 Å². The zero-order valence-corrected chi connectivity index (χ0v) is 10.9. The number of rotatable bonds is 5. The van der Waals surface area contributed by atoms with Crippen LogP contribution in [0.2, 0.25) is 0 Å². The van der Waals surface area contributed by atoms with Gasteiger partial charge in [0.05, 0.1) is 0 Å². The fourth-order valence-corrected chi connectivity index (χ4v) is 3.45. The third kappa shape index (κ3) is 3.53. The first-order valence-electron chi connectivity index (χ1n) is 6.28. The standard InChI is InChI=1S/C14H21NS/c1-15-11-10-12-6-8-14(9-7-12)16-13-4-2-3-5-13/h6-9,13,15H,2-5,10-11H2,1H3. The predicted molar refractivity (Wildman–Crippen MR) is 72.2 cm³/mol. The lowest BCUT2D eigenvalue weighted by molar-refractivity contribution is 0.791. The lowest BCUT2D eigenvalue weighted by atomic mass is 10.1. The third-order valence-electron chi connectivity index (χ3n) is 3.19. The van der Waals surface area contributed by atoms with Gasteiger partial charge in [0.1, 0.15) is 0 Å². The monoisotopic (exact) mass is 235 g/mol. The maximum atomic E-state index is 3.18. The largest absolute Gasteiger partial charge is 0.319 e. The molecule has 0 bridgehead atoms. The normalized spacial score (nSPS) is 16.8.